The second kappa shape index (κ2) is 7.30. The number of rotatable bonds is 4. The van der Waals surface area contributed by atoms with E-state index in [0.29, 0.717) is 5.41 Å². The molecule has 2 aliphatic carbocycles. The molecule has 0 bridgehead atoms. The fourth-order valence-electron chi connectivity index (χ4n) is 3.97. The highest BCUT2D eigenvalue weighted by Gasteiger charge is 2.39. The average Bonchev–Trinajstić information content (AvgIpc) is 2.46. The Morgan fingerprint density at radius 1 is 1.00 bits per heavy atom. The predicted octanol–water partition coefficient (Wildman–Crippen LogP) is 5.99. The van der Waals surface area contributed by atoms with E-state index in [1.165, 1.54) is 62.2 Å². The van der Waals surface area contributed by atoms with Crippen LogP contribution < -0.4 is 0 Å². The third-order valence-electron chi connectivity index (χ3n) is 5.72. The van der Waals surface area contributed by atoms with Gasteiger partial charge in [0, 0.05) is 4.43 Å². The molecule has 0 spiro atoms. The zero-order chi connectivity index (χ0) is 14.6. The van der Waals surface area contributed by atoms with Gasteiger partial charge >= 0.3 is 0 Å². The Morgan fingerprint density at radius 3 is 2.10 bits per heavy atom. The van der Waals surface area contributed by atoms with Gasteiger partial charge in [0.05, 0.1) is 12.2 Å². The first-order valence-corrected chi connectivity index (χ1v) is 10.2. The molecule has 0 aromatic rings. The maximum Gasteiger partial charge on any atom is 0.0771 e. The third kappa shape index (κ3) is 4.59. The predicted molar refractivity (Wildman–Crippen MR) is 95.6 cm³/mol. The fraction of sp³-hybridized carbons (Fsp3) is 1.00. The smallest absolute Gasteiger partial charge is 0.0771 e. The molecular weight excluding hydrogens is 359 g/mol. The van der Waals surface area contributed by atoms with Crippen molar-refractivity contribution in [3.63, 3.8) is 0 Å². The van der Waals surface area contributed by atoms with Crippen molar-refractivity contribution in [3.05, 3.63) is 0 Å². The summed E-state index contributed by atoms with van der Waals surface area (Å²) < 4.78 is 7.69. The zero-order valence-electron chi connectivity index (χ0n) is 13.7. The van der Waals surface area contributed by atoms with Crippen molar-refractivity contribution in [2.75, 3.05) is 11.0 Å². The van der Waals surface area contributed by atoms with Crippen LogP contribution in [0.25, 0.3) is 0 Å². The lowest BCUT2D eigenvalue weighted by molar-refractivity contribution is -0.0833. The Hall–Kier alpha value is 0.690. The summed E-state index contributed by atoms with van der Waals surface area (Å²) in [7, 11) is 0. The summed E-state index contributed by atoms with van der Waals surface area (Å²) in [5.74, 6) is 1.74. The first-order valence-electron chi connectivity index (χ1n) is 8.65. The number of halogens is 1. The molecule has 0 N–H and O–H groups in total. The molecule has 0 amide bonds. The Morgan fingerprint density at radius 2 is 1.60 bits per heavy atom. The number of ether oxygens (including phenoxy) is 1. The topological polar surface area (TPSA) is 9.23 Å². The summed E-state index contributed by atoms with van der Waals surface area (Å²) in [4.78, 5) is 0. The van der Waals surface area contributed by atoms with E-state index in [4.69, 9.17) is 4.74 Å². The Bertz CT molecular complexity index is 280. The van der Waals surface area contributed by atoms with E-state index in [2.05, 4.69) is 43.4 Å². The van der Waals surface area contributed by atoms with Crippen molar-refractivity contribution in [2.45, 2.75) is 84.2 Å². The largest absolute Gasteiger partial charge is 0.374 e. The summed E-state index contributed by atoms with van der Waals surface area (Å²) in [5, 5.41) is 0. The second-order valence-corrected chi connectivity index (χ2v) is 9.03. The van der Waals surface area contributed by atoms with Gasteiger partial charge in [0.25, 0.3) is 0 Å². The highest BCUT2D eigenvalue weighted by molar-refractivity contribution is 14.1. The van der Waals surface area contributed by atoms with E-state index in [9.17, 15) is 0 Å². The van der Waals surface area contributed by atoms with Gasteiger partial charge in [-0.3, -0.25) is 0 Å². The van der Waals surface area contributed by atoms with Gasteiger partial charge in [-0.05, 0) is 55.8 Å². The quantitative estimate of drug-likeness (QED) is 0.422. The van der Waals surface area contributed by atoms with Crippen molar-refractivity contribution >= 4 is 22.6 Å². The minimum absolute atomic E-state index is 0.208. The van der Waals surface area contributed by atoms with Crippen molar-refractivity contribution in [2.24, 2.45) is 17.3 Å². The van der Waals surface area contributed by atoms with Gasteiger partial charge in [0.2, 0.25) is 0 Å². The van der Waals surface area contributed by atoms with E-state index < -0.39 is 0 Å². The van der Waals surface area contributed by atoms with Crippen LogP contribution in [-0.2, 0) is 4.74 Å². The Balaban J connectivity index is 1.82. The first-order chi connectivity index (χ1) is 9.45. The molecule has 2 rings (SSSR count). The molecule has 2 saturated carbocycles. The van der Waals surface area contributed by atoms with Crippen molar-refractivity contribution in [1.82, 2.24) is 0 Å². The summed E-state index contributed by atoms with van der Waals surface area (Å²) in [5.41, 5.74) is 0.681. The van der Waals surface area contributed by atoms with Gasteiger partial charge in [-0.15, -0.1) is 0 Å². The second-order valence-electron chi connectivity index (χ2n) is 8.27. The van der Waals surface area contributed by atoms with Crippen LogP contribution in [0.4, 0.5) is 0 Å². The van der Waals surface area contributed by atoms with Gasteiger partial charge in [0.1, 0.15) is 0 Å². The zero-order valence-corrected chi connectivity index (χ0v) is 15.9. The van der Waals surface area contributed by atoms with E-state index >= 15 is 0 Å². The number of alkyl halides is 1. The van der Waals surface area contributed by atoms with Crippen molar-refractivity contribution < 1.29 is 4.74 Å². The molecule has 118 valence electrons. The van der Waals surface area contributed by atoms with E-state index in [-0.39, 0.29) is 5.60 Å². The Kier molecular flexibility index (Phi) is 6.23. The van der Waals surface area contributed by atoms with Crippen molar-refractivity contribution in [1.29, 1.82) is 0 Å². The normalized spacial score (nSPS) is 33.3. The van der Waals surface area contributed by atoms with Gasteiger partial charge in [-0.2, -0.15) is 0 Å². The molecule has 0 heterocycles. The standard InChI is InChI=1S/C18H33IO/c1-17(2,3)16-9-11-18(14-19,12-10-16)20-13-15-7-5-4-6-8-15/h15-16H,4-14H2,1-3H3. The van der Waals surface area contributed by atoms with Crippen LogP contribution in [0.2, 0.25) is 0 Å². The van der Waals surface area contributed by atoms with Crippen LogP contribution in [0.3, 0.4) is 0 Å². The van der Waals surface area contributed by atoms with Gasteiger partial charge in [-0.25, -0.2) is 0 Å². The lowest BCUT2D eigenvalue weighted by Crippen LogP contribution is -2.42. The molecular formula is C18H33IO. The first kappa shape index (κ1) is 17.1. The summed E-state index contributed by atoms with van der Waals surface area (Å²) in [6, 6.07) is 0. The molecule has 20 heavy (non-hydrogen) atoms. The van der Waals surface area contributed by atoms with Crippen LogP contribution in [0, 0.1) is 17.3 Å². The lowest BCUT2D eigenvalue weighted by Gasteiger charge is -2.44. The molecule has 2 aliphatic rings. The van der Waals surface area contributed by atoms with Crippen molar-refractivity contribution in [3.8, 4) is 0 Å². The average molecular weight is 392 g/mol. The van der Waals surface area contributed by atoms with E-state index in [0.717, 1.165) is 18.4 Å². The molecule has 0 aromatic carbocycles. The molecule has 0 unspecified atom stereocenters. The molecule has 0 aromatic heterocycles. The molecule has 2 fully saturated rings. The number of hydrogen-bond donors (Lipinski definition) is 0. The highest BCUT2D eigenvalue weighted by Crippen LogP contribution is 2.44. The molecule has 0 aliphatic heterocycles. The number of hydrogen-bond acceptors (Lipinski definition) is 1. The SMILES string of the molecule is CC(C)(C)C1CCC(CI)(OCC2CCCCC2)CC1. The van der Waals surface area contributed by atoms with Gasteiger partial charge in [0.15, 0.2) is 0 Å². The summed E-state index contributed by atoms with van der Waals surface area (Å²) in [6.07, 6.45) is 12.4. The minimum Gasteiger partial charge on any atom is -0.374 e. The lowest BCUT2D eigenvalue weighted by atomic mass is 9.69. The molecule has 0 radical (unpaired) electrons. The monoisotopic (exact) mass is 392 g/mol. The molecule has 1 nitrogen and oxygen atoms in total. The van der Waals surface area contributed by atoms with Crippen LogP contribution in [-0.4, -0.2) is 16.6 Å². The van der Waals surface area contributed by atoms with Crippen LogP contribution in [0.5, 0.6) is 0 Å². The maximum absolute atomic E-state index is 6.51. The van der Waals surface area contributed by atoms with E-state index in [1.807, 2.05) is 0 Å². The maximum atomic E-state index is 6.51. The van der Waals surface area contributed by atoms with Gasteiger partial charge in [-0.1, -0.05) is 62.6 Å². The highest BCUT2D eigenvalue weighted by atomic mass is 127. The van der Waals surface area contributed by atoms with E-state index in [1.54, 1.807) is 0 Å². The molecule has 2 heteroatoms. The molecule has 0 atom stereocenters. The third-order valence-corrected chi connectivity index (χ3v) is 7.11. The summed E-state index contributed by atoms with van der Waals surface area (Å²) in [6.45, 7) is 8.23. The van der Waals surface area contributed by atoms with Gasteiger partial charge < -0.3 is 4.74 Å². The molecule has 0 saturated heterocycles. The Labute approximate surface area is 139 Å². The summed E-state index contributed by atoms with van der Waals surface area (Å²) >= 11 is 2.56. The van der Waals surface area contributed by atoms with Crippen LogP contribution in [0.1, 0.15) is 78.6 Å². The van der Waals surface area contributed by atoms with Crippen LogP contribution >= 0.6 is 22.6 Å². The fourth-order valence-corrected chi connectivity index (χ4v) is 4.96. The minimum atomic E-state index is 0.208. The van der Waals surface area contributed by atoms with Crippen LogP contribution in [0.15, 0.2) is 0 Å².